The molecule has 3 heteroatoms. The van der Waals surface area contributed by atoms with E-state index in [9.17, 15) is 4.79 Å². The number of hydrogen-bond donors (Lipinski definition) is 0. The summed E-state index contributed by atoms with van der Waals surface area (Å²) in [5, 5.41) is 0. The summed E-state index contributed by atoms with van der Waals surface area (Å²) in [5.74, 6) is 2.13. The number of aryl methyl sites for hydroxylation is 1. The number of halogens is 1. The Morgan fingerprint density at radius 1 is 1.25 bits per heavy atom. The van der Waals surface area contributed by atoms with Crippen LogP contribution in [0.5, 0.6) is 0 Å². The summed E-state index contributed by atoms with van der Waals surface area (Å²) in [6.45, 7) is 3.12. The van der Waals surface area contributed by atoms with Crippen LogP contribution in [0.2, 0.25) is 0 Å². The van der Waals surface area contributed by atoms with Crippen LogP contribution in [-0.4, -0.2) is 18.3 Å². The number of benzene rings is 1. The Balaban J connectivity index is 1.60. The number of fused-ring (bicyclic) bond motifs is 1. The van der Waals surface area contributed by atoms with Crippen LogP contribution in [0.1, 0.15) is 63.0 Å². The van der Waals surface area contributed by atoms with Crippen molar-refractivity contribution in [3.63, 3.8) is 0 Å². The van der Waals surface area contributed by atoms with Crippen LogP contribution in [0.25, 0.3) is 0 Å². The lowest BCUT2D eigenvalue weighted by Crippen LogP contribution is -2.36. The van der Waals surface area contributed by atoms with E-state index in [0.717, 1.165) is 43.8 Å². The van der Waals surface area contributed by atoms with Crippen molar-refractivity contribution < 1.29 is 4.79 Å². The minimum atomic E-state index is 0.247. The zero-order chi connectivity index (χ0) is 16.9. The topological polar surface area (TPSA) is 20.3 Å². The van der Waals surface area contributed by atoms with Crippen LogP contribution < -0.4 is 4.90 Å². The summed E-state index contributed by atoms with van der Waals surface area (Å²) in [7, 11) is 0. The molecule has 0 atom stereocenters. The van der Waals surface area contributed by atoms with Crippen molar-refractivity contribution in [3.05, 3.63) is 29.3 Å². The highest BCUT2D eigenvalue weighted by molar-refractivity contribution is 6.18. The SMILES string of the molecule is CCCCC1CCC(C(=O)N2CCc3cc(CCCl)ccc32)CC1. The highest BCUT2D eigenvalue weighted by atomic mass is 35.5. The van der Waals surface area contributed by atoms with Crippen LogP contribution in [0.3, 0.4) is 0 Å². The third-order valence-electron chi connectivity index (χ3n) is 5.85. The predicted octanol–water partition coefficient (Wildman–Crippen LogP) is 5.35. The molecular formula is C21H30ClNO. The summed E-state index contributed by atoms with van der Waals surface area (Å²) >= 11 is 5.85. The number of rotatable bonds is 6. The lowest BCUT2D eigenvalue weighted by molar-refractivity contribution is -0.123. The standard InChI is InChI=1S/C21H30ClNO/c1-2-3-4-16-5-8-18(9-6-16)21(24)23-14-12-19-15-17(11-13-22)7-10-20(19)23/h7,10,15-16,18H,2-6,8-9,11-14H2,1H3. The first-order valence-corrected chi connectivity index (χ1v) is 10.3. The molecule has 1 amide bonds. The van der Waals surface area contributed by atoms with Gasteiger partial charge >= 0.3 is 0 Å². The molecule has 1 aromatic rings. The van der Waals surface area contributed by atoms with Crippen LogP contribution >= 0.6 is 11.6 Å². The quantitative estimate of drug-likeness (QED) is 0.635. The van der Waals surface area contributed by atoms with E-state index in [1.54, 1.807) is 0 Å². The number of hydrogen-bond acceptors (Lipinski definition) is 1. The van der Waals surface area contributed by atoms with Crippen LogP contribution in [0, 0.1) is 11.8 Å². The average Bonchev–Trinajstić information content (AvgIpc) is 3.03. The van der Waals surface area contributed by atoms with E-state index in [0.29, 0.717) is 11.8 Å². The molecule has 0 saturated heterocycles. The van der Waals surface area contributed by atoms with Gasteiger partial charge in [-0.15, -0.1) is 11.6 Å². The molecule has 132 valence electrons. The first-order chi connectivity index (χ1) is 11.7. The highest BCUT2D eigenvalue weighted by Gasteiger charge is 2.32. The van der Waals surface area contributed by atoms with E-state index >= 15 is 0 Å². The minimum absolute atomic E-state index is 0.247. The molecule has 1 saturated carbocycles. The first-order valence-electron chi connectivity index (χ1n) is 9.72. The fourth-order valence-electron chi connectivity index (χ4n) is 4.36. The normalized spacial score (nSPS) is 23.3. The van der Waals surface area contributed by atoms with Gasteiger partial charge in [0.15, 0.2) is 0 Å². The maximum absolute atomic E-state index is 13.0. The molecule has 1 aromatic carbocycles. The number of carbonyl (C=O) groups excluding carboxylic acids is 1. The van der Waals surface area contributed by atoms with Gasteiger partial charge in [-0.3, -0.25) is 4.79 Å². The van der Waals surface area contributed by atoms with Gasteiger partial charge in [-0.2, -0.15) is 0 Å². The number of alkyl halides is 1. The van der Waals surface area contributed by atoms with Crippen LogP contribution in [-0.2, 0) is 17.6 Å². The lowest BCUT2D eigenvalue weighted by Gasteiger charge is -2.30. The van der Waals surface area contributed by atoms with Crippen molar-refractivity contribution in [2.24, 2.45) is 11.8 Å². The molecule has 0 N–H and O–H groups in total. The van der Waals surface area contributed by atoms with Gasteiger partial charge in [0.2, 0.25) is 5.91 Å². The Labute approximate surface area is 151 Å². The summed E-state index contributed by atoms with van der Waals surface area (Å²) in [6, 6.07) is 6.51. The second-order valence-corrected chi connectivity index (χ2v) is 7.88. The van der Waals surface area contributed by atoms with Crippen molar-refractivity contribution >= 4 is 23.2 Å². The molecule has 1 heterocycles. The zero-order valence-electron chi connectivity index (χ0n) is 14.9. The minimum Gasteiger partial charge on any atom is -0.312 e. The van der Waals surface area contributed by atoms with E-state index in [4.69, 9.17) is 11.6 Å². The number of nitrogens with zero attached hydrogens (tertiary/aromatic N) is 1. The molecule has 0 radical (unpaired) electrons. The maximum Gasteiger partial charge on any atom is 0.230 e. The van der Waals surface area contributed by atoms with Gasteiger partial charge in [-0.25, -0.2) is 0 Å². The first kappa shape index (κ1) is 17.8. The zero-order valence-corrected chi connectivity index (χ0v) is 15.7. The van der Waals surface area contributed by atoms with Gasteiger partial charge in [0.25, 0.3) is 0 Å². The number of amides is 1. The highest BCUT2D eigenvalue weighted by Crippen LogP contribution is 2.36. The number of carbonyl (C=O) groups is 1. The molecule has 2 aliphatic rings. The van der Waals surface area contributed by atoms with Crippen molar-refractivity contribution in [2.75, 3.05) is 17.3 Å². The average molecular weight is 348 g/mol. The fraction of sp³-hybridized carbons (Fsp3) is 0.667. The Morgan fingerprint density at radius 3 is 2.75 bits per heavy atom. The molecule has 1 aliphatic carbocycles. The molecule has 0 spiro atoms. The molecule has 0 aromatic heterocycles. The summed E-state index contributed by atoms with van der Waals surface area (Å²) in [6.07, 6.45) is 10.5. The summed E-state index contributed by atoms with van der Waals surface area (Å²) in [4.78, 5) is 15.1. The van der Waals surface area contributed by atoms with Crippen LogP contribution in [0.4, 0.5) is 5.69 Å². The van der Waals surface area contributed by atoms with Crippen molar-refractivity contribution in [2.45, 2.75) is 64.7 Å². The molecule has 0 bridgehead atoms. The molecule has 0 unspecified atom stereocenters. The Morgan fingerprint density at radius 2 is 2.04 bits per heavy atom. The van der Waals surface area contributed by atoms with Gasteiger partial charge < -0.3 is 4.90 Å². The Hall–Kier alpha value is -1.02. The molecule has 1 fully saturated rings. The van der Waals surface area contributed by atoms with Gasteiger partial charge in [0.05, 0.1) is 0 Å². The van der Waals surface area contributed by atoms with Crippen LogP contribution in [0.15, 0.2) is 18.2 Å². The number of anilines is 1. The predicted molar refractivity (Wildman–Crippen MR) is 102 cm³/mol. The largest absolute Gasteiger partial charge is 0.312 e. The molecular weight excluding hydrogens is 318 g/mol. The molecule has 24 heavy (non-hydrogen) atoms. The number of unbranched alkanes of at least 4 members (excludes halogenated alkanes) is 1. The smallest absolute Gasteiger partial charge is 0.230 e. The third kappa shape index (κ3) is 3.96. The third-order valence-corrected chi connectivity index (χ3v) is 6.04. The van der Waals surface area contributed by atoms with Gasteiger partial charge in [0.1, 0.15) is 0 Å². The molecule has 3 rings (SSSR count). The van der Waals surface area contributed by atoms with E-state index in [1.807, 2.05) is 0 Å². The summed E-state index contributed by atoms with van der Waals surface area (Å²) < 4.78 is 0. The Bertz CT molecular complexity index is 563. The van der Waals surface area contributed by atoms with Gasteiger partial charge in [0, 0.05) is 24.0 Å². The lowest BCUT2D eigenvalue weighted by atomic mass is 9.79. The van der Waals surface area contributed by atoms with Crippen molar-refractivity contribution in [3.8, 4) is 0 Å². The van der Waals surface area contributed by atoms with Crippen molar-refractivity contribution in [1.29, 1.82) is 0 Å². The monoisotopic (exact) mass is 347 g/mol. The van der Waals surface area contributed by atoms with E-state index in [-0.39, 0.29) is 5.92 Å². The van der Waals surface area contributed by atoms with Gasteiger partial charge in [-0.1, -0.05) is 38.3 Å². The molecule has 2 nitrogen and oxygen atoms in total. The van der Waals surface area contributed by atoms with E-state index in [1.165, 1.54) is 43.2 Å². The fourth-order valence-corrected chi connectivity index (χ4v) is 4.58. The van der Waals surface area contributed by atoms with Gasteiger partial charge in [-0.05, 0) is 61.6 Å². The second-order valence-electron chi connectivity index (χ2n) is 7.50. The second kappa shape index (κ2) is 8.38. The van der Waals surface area contributed by atoms with E-state index in [2.05, 4.69) is 30.0 Å². The maximum atomic E-state index is 13.0. The molecule has 1 aliphatic heterocycles. The van der Waals surface area contributed by atoms with E-state index < -0.39 is 0 Å². The summed E-state index contributed by atoms with van der Waals surface area (Å²) in [5.41, 5.74) is 3.75. The Kier molecular flexibility index (Phi) is 6.21. The van der Waals surface area contributed by atoms with Crippen molar-refractivity contribution in [1.82, 2.24) is 0 Å².